The summed E-state index contributed by atoms with van der Waals surface area (Å²) in [6.07, 6.45) is 0. The van der Waals surface area contributed by atoms with Crippen molar-refractivity contribution in [3.63, 3.8) is 0 Å². The number of hydrogen-bond acceptors (Lipinski definition) is 4. The first kappa shape index (κ1) is 15.0. The predicted molar refractivity (Wildman–Crippen MR) is 67.8 cm³/mol. The van der Waals surface area contributed by atoms with E-state index in [-0.39, 0.29) is 17.0 Å². The molecule has 1 rings (SSSR count). The van der Waals surface area contributed by atoms with Crippen LogP contribution in [0.3, 0.4) is 0 Å². The second kappa shape index (κ2) is 5.70. The quantitative estimate of drug-likeness (QED) is 0.793. The zero-order valence-corrected chi connectivity index (χ0v) is 10.9. The van der Waals surface area contributed by atoms with Gasteiger partial charge in [0, 0.05) is 0 Å². The fraction of sp³-hybridized carbons (Fsp3) is 0.273. The van der Waals surface area contributed by atoms with E-state index in [0.717, 1.165) is 0 Å². The Morgan fingerprint density at radius 2 is 1.79 bits per heavy atom. The molecule has 0 aliphatic heterocycles. The van der Waals surface area contributed by atoms with Crippen molar-refractivity contribution in [3.05, 3.63) is 29.8 Å². The van der Waals surface area contributed by atoms with Crippen molar-refractivity contribution in [2.24, 2.45) is 0 Å². The van der Waals surface area contributed by atoms with Crippen molar-refractivity contribution in [2.45, 2.75) is 6.92 Å². The van der Waals surface area contributed by atoms with Crippen molar-refractivity contribution in [2.75, 3.05) is 16.6 Å². The molecule has 0 spiro atoms. The first-order chi connectivity index (χ1) is 8.79. The second-order valence-corrected chi connectivity index (χ2v) is 5.81. The molecule has 7 nitrogen and oxygen atoms in total. The molecule has 0 aromatic heterocycles. The summed E-state index contributed by atoms with van der Waals surface area (Å²) in [5, 5.41) is 17.8. The fourth-order valence-electron chi connectivity index (χ4n) is 1.48. The highest BCUT2D eigenvalue weighted by Gasteiger charge is 2.26. The monoisotopic (exact) mass is 287 g/mol. The maximum absolute atomic E-state index is 11.9. The van der Waals surface area contributed by atoms with Gasteiger partial charge in [0.2, 0.25) is 10.0 Å². The van der Waals surface area contributed by atoms with Gasteiger partial charge in [-0.05, 0) is 19.1 Å². The minimum Gasteiger partial charge on any atom is -0.480 e. The first-order valence-electron chi connectivity index (χ1n) is 5.34. The van der Waals surface area contributed by atoms with E-state index in [1.807, 2.05) is 0 Å². The normalized spacial score (nSPS) is 11.0. The number of para-hydroxylation sites is 1. The molecule has 0 radical (unpaired) electrons. The molecule has 0 bridgehead atoms. The van der Waals surface area contributed by atoms with Gasteiger partial charge in [0.15, 0.2) is 0 Å². The van der Waals surface area contributed by atoms with Gasteiger partial charge < -0.3 is 10.2 Å². The summed E-state index contributed by atoms with van der Waals surface area (Å²) in [4.78, 5) is 21.8. The highest BCUT2D eigenvalue weighted by Crippen LogP contribution is 2.23. The summed E-state index contributed by atoms with van der Waals surface area (Å²) in [5.74, 6) is -3.01. The van der Waals surface area contributed by atoms with Crippen molar-refractivity contribution in [1.82, 2.24) is 0 Å². The molecular formula is C11H13NO6S. The zero-order chi connectivity index (χ0) is 14.6. The fourth-order valence-corrected chi connectivity index (χ4v) is 2.56. The molecule has 0 heterocycles. The maximum atomic E-state index is 11.9. The zero-order valence-electron chi connectivity index (χ0n) is 10.1. The number of carbonyl (C=O) groups is 2. The largest absolute Gasteiger partial charge is 0.480 e. The molecule has 1 aromatic rings. The number of nitrogens with zero attached hydrogens (tertiary/aromatic N) is 1. The van der Waals surface area contributed by atoms with Crippen molar-refractivity contribution in [3.8, 4) is 0 Å². The van der Waals surface area contributed by atoms with E-state index in [0.29, 0.717) is 4.31 Å². The highest BCUT2D eigenvalue weighted by atomic mass is 32.2. The van der Waals surface area contributed by atoms with Crippen molar-refractivity contribution in [1.29, 1.82) is 0 Å². The molecule has 0 fully saturated rings. The third-order valence-corrected chi connectivity index (χ3v) is 4.11. The van der Waals surface area contributed by atoms with Crippen LogP contribution in [-0.2, 0) is 14.8 Å². The Bertz CT molecular complexity index is 595. The molecule has 19 heavy (non-hydrogen) atoms. The van der Waals surface area contributed by atoms with Gasteiger partial charge in [0.05, 0.1) is 17.0 Å². The lowest BCUT2D eigenvalue weighted by Crippen LogP contribution is -2.37. The SMILES string of the molecule is CCS(=O)(=O)N(CC(=O)O)c1ccccc1C(=O)O. The van der Waals surface area contributed by atoms with Crippen LogP contribution in [-0.4, -0.2) is 42.9 Å². The van der Waals surface area contributed by atoms with Gasteiger partial charge in [-0.25, -0.2) is 13.2 Å². The lowest BCUT2D eigenvalue weighted by Gasteiger charge is -2.23. The number of anilines is 1. The number of carboxylic acids is 2. The van der Waals surface area contributed by atoms with Crippen LogP contribution in [0.2, 0.25) is 0 Å². The van der Waals surface area contributed by atoms with Crippen LogP contribution in [0.5, 0.6) is 0 Å². The molecule has 0 atom stereocenters. The minimum absolute atomic E-state index is 0.153. The topological polar surface area (TPSA) is 112 Å². The Morgan fingerprint density at radius 1 is 1.21 bits per heavy atom. The van der Waals surface area contributed by atoms with Gasteiger partial charge >= 0.3 is 11.9 Å². The molecule has 0 aliphatic carbocycles. The van der Waals surface area contributed by atoms with Gasteiger partial charge in [-0.2, -0.15) is 0 Å². The van der Waals surface area contributed by atoms with Gasteiger partial charge in [-0.1, -0.05) is 12.1 Å². The Hall–Kier alpha value is -2.09. The summed E-state index contributed by atoms with van der Waals surface area (Å²) in [5.41, 5.74) is -0.417. The Balaban J connectivity index is 3.42. The predicted octanol–water partition coefficient (Wildman–Crippen LogP) is 0.625. The molecule has 0 aliphatic rings. The third-order valence-electron chi connectivity index (χ3n) is 2.38. The second-order valence-electron chi connectivity index (χ2n) is 3.62. The van der Waals surface area contributed by atoms with Crippen LogP contribution in [0.4, 0.5) is 5.69 Å². The van der Waals surface area contributed by atoms with E-state index in [9.17, 15) is 18.0 Å². The lowest BCUT2D eigenvalue weighted by atomic mass is 10.2. The van der Waals surface area contributed by atoms with E-state index >= 15 is 0 Å². The summed E-state index contributed by atoms with van der Waals surface area (Å²) in [7, 11) is -3.88. The maximum Gasteiger partial charge on any atom is 0.337 e. The van der Waals surface area contributed by atoms with Crippen molar-refractivity contribution >= 4 is 27.6 Å². The number of rotatable bonds is 6. The van der Waals surface area contributed by atoms with Crippen LogP contribution in [0, 0.1) is 0 Å². The highest BCUT2D eigenvalue weighted by molar-refractivity contribution is 7.92. The molecule has 104 valence electrons. The molecule has 0 amide bonds. The van der Waals surface area contributed by atoms with Crippen LogP contribution in [0.15, 0.2) is 24.3 Å². The minimum atomic E-state index is -3.88. The number of aliphatic carboxylic acids is 1. The lowest BCUT2D eigenvalue weighted by molar-refractivity contribution is -0.135. The van der Waals surface area contributed by atoms with E-state index in [1.54, 1.807) is 0 Å². The van der Waals surface area contributed by atoms with Gasteiger partial charge in [0.1, 0.15) is 6.54 Å². The molecular weight excluding hydrogens is 274 g/mol. The van der Waals surface area contributed by atoms with Gasteiger partial charge in [-0.3, -0.25) is 9.10 Å². The van der Waals surface area contributed by atoms with Crippen LogP contribution in [0.25, 0.3) is 0 Å². The molecule has 1 aromatic carbocycles. The van der Waals surface area contributed by atoms with Crippen LogP contribution < -0.4 is 4.31 Å². The third kappa shape index (κ3) is 3.44. The Morgan fingerprint density at radius 3 is 2.26 bits per heavy atom. The smallest absolute Gasteiger partial charge is 0.337 e. The Kier molecular flexibility index (Phi) is 4.49. The first-order valence-corrected chi connectivity index (χ1v) is 6.95. The molecule has 2 N–H and O–H groups in total. The molecule has 0 saturated heterocycles. The van der Waals surface area contributed by atoms with Crippen LogP contribution >= 0.6 is 0 Å². The number of aromatic carboxylic acids is 1. The Labute approximate surface area is 110 Å². The average molecular weight is 287 g/mol. The molecule has 8 heteroatoms. The van der Waals surface area contributed by atoms with E-state index < -0.39 is 28.5 Å². The summed E-state index contributed by atoms with van der Waals surface area (Å²) in [6, 6.07) is 5.36. The van der Waals surface area contributed by atoms with Crippen molar-refractivity contribution < 1.29 is 28.2 Å². The van der Waals surface area contributed by atoms with E-state index in [2.05, 4.69) is 0 Å². The molecule has 0 saturated carbocycles. The number of benzene rings is 1. The summed E-state index contributed by atoms with van der Waals surface area (Å²) < 4.78 is 24.4. The summed E-state index contributed by atoms with van der Waals surface area (Å²) >= 11 is 0. The average Bonchev–Trinajstić information content (AvgIpc) is 2.35. The van der Waals surface area contributed by atoms with Gasteiger partial charge in [-0.15, -0.1) is 0 Å². The van der Waals surface area contributed by atoms with Crippen LogP contribution in [0.1, 0.15) is 17.3 Å². The number of hydrogen-bond donors (Lipinski definition) is 2. The standard InChI is InChI=1S/C11H13NO6S/c1-2-19(17,18)12(7-10(13)14)9-6-4-3-5-8(9)11(15)16/h3-6H,2,7H2,1H3,(H,13,14)(H,15,16). The van der Waals surface area contributed by atoms with E-state index in [4.69, 9.17) is 10.2 Å². The van der Waals surface area contributed by atoms with Gasteiger partial charge in [0.25, 0.3) is 0 Å². The molecule has 0 unspecified atom stereocenters. The summed E-state index contributed by atoms with van der Waals surface area (Å²) in [6.45, 7) is 0.536. The number of sulfonamides is 1. The number of carboxylic acid groups (broad SMARTS) is 2. The van der Waals surface area contributed by atoms with E-state index in [1.165, 1.54) is 31.2 Å².